The second kappa shape index (κ2) is 6.89. The van der Waals surface area contributed by atoms with Gasteiger partial charge in [-0.2, -0.15) is 0 Å². The summed E-state index contributed by atoms with van der Waals surface area (Å²) in [5.74, 6) is 1.10. The van der Waals surface area contributed by atoms with Crippen LogP contribution in [0.15, 0.2) is 41.8 Å². The average Bonchev–Trinajstić information content (AvgIpc) is 2.90. The Labute approximate surface area is 124 Å². The van der Waals surface area contributed by atoms with Gasteiger partial charge in [0.25, 0.3) is 0 Å². The van der Waals surface area contributed by atoms with E-state index in [9.17, 15) is 4.79 Å². The lowest BCUT2D eigenvalue weighted by Crippen LogP contribution is -2.03. The van der Waals surface area contributed by atoms with Crippen LogP contribution in [0.25, 0.3) is 0 Å². The van der Waals surface area contributed by atoms with Crippen molar-refractivity contribution < 1.29 is 9.53 Å². The van der Waals surface area contributed by atoms with Crippen LogP contribution in [0.1, 0.15) is 22.5 Å². The SMILES string of the molecule is O=C(CCCOc1ccccc1I)c1cccs1. The number of Topliss-reactive ketones (excluding diaryl/α,β-unsaturated/α-hetero) is 1. The number of halogens is 1. The average molecular weight is 372 g/mol. The quantitative estimate of drug-likeness (QED) is 0.427. The van der Waals surface area contributed by atoms with Crippen molar-refractivity contribution >= 4 is 39.7 Å². The molecular formula is C14H13IO2S. The summed E-state index contributed by atoms with van der Waals surface area (Å²) in [5, 5.41) is 1.93. The van der Waals surface area contributed by atoms with Gasteiger partial charge in [-0.1, -0.05) is 18.2 Å². The molecule has 18 heavy (non-hydrogen) atoms. The molecule has 4 heteroatoms. The number of carbonyl (C=O) groups is 1. The van der Waals surface area contributed by atoms with Gasteiger partial charge in [0.2, 0.25) is 0 Å². The molecule has 0 N–H and O–H groups in total. The minimum Gasteiger partial charge on any atom is -0.492 e. The van der Waals surface area contributed by atoms with Gasteiger partial charge in [0.15, 0.2) is 5.78 Å². The number of carbonyl (C=O) groups excluding carboxylic acids is 1. The molecule has 0 atom stereocenters. The standard InChI is InChI=1S/C14H13IO2S/c15-11-5-1-2-7-13(11)17-9-3-6-12(16)14-8-4-10-18-14/h1-2,4-5,7-8,10H,3,6,9H2. The van der Waals surface area contributed by atoms with Crippen molar-refractivity contribution in [3.05, 3.63) is 50.2 Å². The predicted octanol–water partition coefficient (Wildman–Crippen LogP) is 4.39. The molecule has 0 radical (unpaired) electrons. The molecule has 0 unspecified atom stereocenters. The Morgan fingerprint density at radius 1 is 1.22 bits per heavy atom. The van der Waals surface area contributed by atoms with Crippen molar-refractivity contribution in [1.29, 1.82) is 0 Å². The van der Waals surface area contributed by atoms with Gasteiger partial charge in [-0.05, 0) is 52.6 Å². The molecule has 0 bridgehead atoms. The monoisotopic (exact) mass is 372 g/mol. The summed E-state index contributed by atoms with van der Waals surface area (Å²) in [7, 11) is 0. The van der Waals surface area contributed by atoms with Crippen molar-refractivity contribution in [2.24, 2.45) is 0 Å². The molecule has 1 aromatic heterocycles. The third-order valence-corrected chi connectivity index (χ3v) is 4.24. The molecule has 0 aliphatic carbocycles. The Morgan fingerprint density at radius 2 is 2.06 bits per heavy atom. The number of ether oxygens (including phenoxy) is 1. The van der Waals surface area contributed by atoms with E-state index in [-0.39, 0.29) is 5.78 Å². The summed E-state index contributed by atoms with van der Waals surface area (Å²) < 4.78 is 6.75. The first-order valence-electron chi connectivity index (χ1n) is 5.71. The van der Waals surface area contributed by atoms with Gasteiger partial charge in [0.1, 0.15) is 5.75 Å². The first-order valence-corrected chi connectivity index (χ1v) is 7.67. The maximum absolute atomic E-state index is 11.7. The number of rotatable bonds is 6. The second-order valence-corrected chi connectivity index (χ2v) is 5.89. The van der Waals surface area contributed by atoms with Crippen molar-refractivity contribution in [2.45, 2.75) is 12.8 Å². The zero-order valence-electron chi connectivity index (χ0n) is 9.77. The Morgan fingerprint density at radius 3 is 2.78 bits per heavy atom. The third kappa shape index (κ3) is 3.81. The summed E-state index contributed by atoms with van der Waals surface area (Å²) in [6.07, 6.45) is 1.30. The van der Waals surface area contributed by atoms with Crippen molar-refractivity contribution in [3.8, 4) is 5.75 Å². The Kier molecular flexibility index (Phi) is 5.19. The maximum atomic E-state index is 11.7. The first-order chi connectivity index (χ1) is 8.77. The van der Waals surface area contributed by atoms with E-state index in [0.717, 1.165) is 20.6 Å². The van der Waals surface area contributed by atoms with Crippen molar-refractivity contribution in [1.82, 2.24) is 0 Å². The van der Waals surface area contributed by atoms with E-state index < -0.39 is 0 Å². The van der Waals surface area contributed by atoms with E-state index in [1.165, 1.54) is 11.3 Å². The third-order valence-electron chi connectivity index (χ3n) is 2.44. The Balaban J connectivity index is 1.74. The van der Waals surface area contributed by atoms with Crippen LogP contribution in [0.2, 0.25) is 0 Å². The zero-order chi connectivity index (χ0) is 12.8. The van der Waals surface area contributed by atoms with Crippen LogP contribution in [0.3, 0.4) is 0 Å². The van der Waals surface area contributed by atoms with Gasteiger partial charge in [0.05, 0.1) is 15.1 Å². The molecule has 1 aromatic carbocycles. The van der Waals surface area contributed by atoms with Gasteiger partial charge in [-0.25, -0.2) is 0 Å². The molecule has 0 aliphatic heterocycles. The number of hydrogen-bond acceptors (Lipinski definition) is 3. The van der Waals surface area contributed by atoms with Crippen molar-refractivity contribution in [3.63, 3.8) is 0 Å². The van der Waals surface area contributed by atoms with E-state index >= 15 is 0 Å². The largest absolute Gasteiger partial charge is 0.492 e. The number of thiophene rings is 1. The normalized spacial score (nSPS) is 10.3. The summed E-state index contributed by atoms with van der Waals surface area (Å²) >= 11 is 3.74. The molecule has 0 spiro atoms. The van der Waals surface area contributed by atoms with Crippen LogP contribution in [-0.2, 0) is 0 Å². The molecule has 1 heterocycles. The minimum absolute atomic E-state index is 0.205. The minimum atomic E-state index is 0.205. The highest BCUT2D eigenvalue weighted by Crippen LogP contribution is 2.20. The van der Waals surface area contributed by atoms with Gasteiger partial charge in [-0.3, -0.25) is 4.79 Å². The van der Waals surface area contributed by atoms with Crippen LogP contribution >= 0.6 is 33.9 Å². The van der Waals surface area contributed by atoms with Gasteiger partial charge in [-0.15, -0.1) is 11.3 Å². The second-order valence-electron chi connectivity index (χ2n) is 3.78. The van der Waals surface area contributed by atoms with Crippen LogP contribution < -0.4 is 4.74 Å². The van der Waals surface area contributed by atoms with E-state index in [2.05, 4.69) is 22.6 Å². The van der Waals surface area contributed by atoms with Crippen LogP contribution in [0.5, 0.6) is 5.75 Å². The number of para-hydroxylation sites is 1. The molecule has 0 saturated heterocycles. The molecule has 2 nitrogen and oxygen atoms in total. The fourth-order valence-electron chi connectivity index (χ4n) is 1.54. The maximum Gasteiger partial charge on any atom is 0.172 e. The molecule has 0 aliphatic rings. The lowest BCUT2D eigenvalue weighted by atomic mass is 10.2. The van der Waals surface area contributed by atoms with Gasteiger partial charge in [0, 0.05) is 6.42 Å². The van der Waals surface area contributed by atoms with Crippen molar-refractivity contribution in [2.75, 3.05) is 6.61 Å². The summed E-state index contributed by atoms with van der Waals surface area (Å²) in [6, 6.07) is 11.7. The Hall–Kier alpha value is -0.880. The summed E-state index contributed by atoms with van der Waals surface area (Å²) in [6.45, 7) is 0.580. The highest BCUT2D eigenvalue weighted by molar-refractivity contribution is 14.1. The summed E-state index contributed by atoms with van der Waals surface area (Å²) in [5.41, 5.74) is 0. The molecule has 94 valence electrons. The van der Waals surface area contributed by atoms with E-state index in [0.29, 0.717) is 13.0 Å². The first kappa shape index (κ1) is 13.5. The molecular weight excluding hydrogens is 359 g/mol. The number of ketones is 1. The van der Waals surface area contributed by atoms with E-state index in [4.69, 9.17) is 4.74 Å². The van der Waals surface area contributed by atoms with E-state index in [1.807, 2.05) is 41.8 Å². The van der Waals surface area contributed by atoms with Crippen LogP contribution in [-0.4, -0.2) is 12.4 Å². The van der Waals surface area contributed by atoms with Crippen LogP contribution in [0, 0.1) is 3.57 Å². The van der Waals surface area contributed by atoms with Gasteiger partial charge < -0.3 is 4.74 Å². The Bertz CT molecular complexity index is 508. The molecule has 2 aromatic rings. The zero-order valence-corrected chi connectivity index (χ0v) is 12.7. The highest BCUT2D eigenvalue weighted by Gasteiger charge is 2.06. The molecule has 0 fully saturated rings. The molecule has 2 rings (SSSR count). The number of benzene rings is 1. The fourth-order valence-corrected chi connectivity index (χ4v) is 2.77. The predicted molar refractivity (Wildman–Crippen MR) is 82.5 cm³/mol. The van der Waals surface area contributed by atoms with Crippen LogP contribution in [0.4, 0.5) is 0 Å². The number of hydrogen-bond donors (Lipinski definition) is 0. The lowest BCUT2D eigenvalue weighted by Gasteiger charge is -2.07. The lowest BCUT2D eigenvalue weighted by molar-refractivity contribution is 0.0977. The van der Waals surface area contributed by atoms with E-state index in [1.54, 1.807) is 0 Å². The fraction of sp³-hybridized carbons (Fsp3) is 0.214. The highest BCUT2D eigenvalue weighted by atomic mass is 127. The summed E-state index contributed by atoms with van der Waals surface area (Å²) in [4.78, 5) is 12.6. The van der Waals surface area contributed by atoms with Gasteiger partial charge >= 0.3 is 0 Å². The molecule has 0 amide bonds. The topological polar surface area (TPSA) is 26.3 Å². The smallest absolute Gasteiger partial charge is 0.172 e. The molecule has 0 saturated carbocycles.